The first kappa shape index (κ1) is 16.9. The van der Waals surface area contributed by atoms with E-state index >= 15 is 0 Å². The molecule has 1 aliphatic rings. The number of hydrogen-bond acceptors (Lipinski definition) is 7. The quantitative estimate of drug-likeness (QED) is 0.352. The Kier molecular flexibility index (Phi) is 7.50. The SMILES string of the molecule is NCCCCCC1(NCO)OC(=O)CCCCC(=O)O1. The Hall–Kier alpha value is -1.18. The van der Waals surface area contributed by atoms with Crippen molar-refractivity contribution in [3.05, 3.63) is 0 Å². The number of cyclic esters (lactones) is 2. The number of aliphatic hydroxyl groups is 1. The second-order valence-corrected chi connectivity index (χ2v) is 4.84. The molecule has 0 atom stereocenters. The van der Waals surface area contributed by atoms with Gasteiger partial charge in [0.2, 0.25) is 0 Å². The predicted octanol–water partition coefficient (Wildman–Crippen LogP) is 0.359. The van der Waals surface area contributed by atoms with Gasteiger partial charge in [0.1, 0.15) is 0 Å². The number of unbranched alkanes of at least 4 members (excludes halogenated alkanes) is 2. The average Bonchev–Trinajstić information content (AvgIpc) is 2.46. The van der Waals surface area contributed by atoms with Gasteiger partial charge < -0.3 is 20.3 Å². The topological polar surface area (TPSA) is 111 Å². The minimum absolute atomic E-state index is 0.244. The molecule has 1 heterocycles. The summed E-state index contributed by atoms with van der Waals surface area (Å²) in [5.41, 5.74) is 5.42. The molecule has 0 unspecified atom stereocenters. The van der Waals surface area contributed by atoms with Crippen molar-refractivity contribution in [2.24, 2.45) is 5.73 Å². The van der Waals surface area contributed by atoms with Crippen LogP contribution >= 0.6 is 0 Å². The highest BCUT2D eigenvalue weighted by Gasteiger charge is 2.38. The third-order valence-corrected chi connectivity index (χ3v) is 3.13. The molecule has 0 amide bonds. The molecule has 1 rings (SSSR count). The summed E-state index contributed by atoms with van der Waals surface area (Å²) in [4.78, 5) is 23.4. The summed E-state index contributed by atoms with van der Waals surface area (Å²) < 4.78 is 10.5. The maximum atomic E-state index is 11.7. The largest absolute Gasteiger partial charge is 0.408 e. The van der Waals surface area contributed by atoms with E-state index in [9.17, 15) is 9.59 Å². The van der Waals surface area contributed by atoms with Crippen molar-refractivity contribution in [2.75, 3.05) is 13.3 Å². The molecular formula is C13H24N2O5. The van der Waals surface area contributed by atoms with Gasteiger partial charge in [-0.05, 0) is 32.2 Å². The second-order valence-electron chi connectivity index (χ2n) is 4.84. The van der Waals surface area contributed by atoms with E-state index < -0.39 is 24.6 Å². The third kappa shape index (κ3) is 5.85. The second kappa shape index (κ2) is 8.89. The first-order valence-electron chi connectivity index (χ1n) is 7.11. The van der Waals surface area contributed by atoms with Crippen molar-refractivity contribution in [1.82, 2.24) is 5.32 Å². The average molecular weight is 288 g/mol. The molecule has 4 N–H and O–H groups in total. The number of carbonyl (C=O) groups excluding carboxylic acids is 2. The van der Waals surface area contributed by atoms with Crippen LogP contribution in [0.3, 0.4) is 0 Å². The van der Waals surface area contributed by atoms with Crippen molar-refractivity contribution >= 4 is 11.9 Å². The summed E-state index contributed by atoms with van der Waals surface area (Å²) in [5, 5.41) is 11.6. The molecule has 0 bridgehead atoms. The monoisotopic (exact) mass is 288 g/mol. The van der Waals surface area contributed by atoms with Gasteiger partial charge in [0.25, 0.3) is 0 Å². The van der Waals surface area contributed by atoms with Crippen molar-refractivity contribution in [1.29, 1.82) is 0 Å². The number of carbonyl (C=O) groups is 2. The number of nitrogens with two attached hydrogens (primary N) is 1. The van der Waals surface area contributed by atoms with Gasteiger partial charge in [-0.15, -0.1) is 0 Å². The van der Waals surface area contributed by atoms with Gasteiger partial charge in [-0.25, -0.2) is 5.32 Å². The first-order valence-corrected chi connectivity index (χ1v) is 7.11. The Morgan fingerprint density at radius 3 is 2.20 bits per heavy atom. The Bertz CT molecular complexity index is 302. The summed E-state index contributed by atoms with van der Waals surface area (Å²) in [6, 6.07) is 0. The lowest BCUT2D eigenvalue weighted by molar-refractivity contribution is -0.247. The van der Waals surface area contributed by atoms with E-state index in [2.05, 4.69) is 5.32 Å². The molecular weight excluding hydrogens is 264 g/mol. The van der Waals surface area contributed by atoms with Crippen molar-refractivity contribution in [3.63, 3.8) is 0 Å². The minimum atomic E-state index is -1.55. The van der Waals surface area contributed by atoms with Crippen LogP contribution in [0, 0.1) is 0 Å². The molecule has 0 radical (unpaired) electrons. The summed E-state index contributed by atoms with van der Waals surface area (Å²) >= 11 is 0. The van der Waals surface area contributed by atoms with Crippen LogP contribution in [-0.4, -0.2) is 36.2 Å². The molecule has 0 aromatic heterocycles. The highest BCUT2D eigenvalue weighted by molar-refractivity contribution is 5.73. The van der Waals surface area contributed by atoms with Crippen LogP contribution in [0.15, 0.2) is 0 Å². The van der Waals surface area contributed by atoms with Gasteiger partial charge in [0.15, 0.2) is 0 Å². The lowest BCUT2D eigenvalue weighted by Crippen LogP contribution is -2.52. The fourth-order valence-electron chi connectivity index (χ4n) is 2.09. The van der Waals surface area contributed by atoms with Crippen LogP contribution in [0.1, 0.15) is 51.4 Å². The van der Waals surface area contributed by atoms with Crippen molar-refractivity contribution in [3.8, 4) is 0 Å². The van der Waals surface area contributed by atoms with E-state index in [4.69, 9.17) is 20.3 Å². The first-order chi connectivity index (χ1) is 9.62. The van der Waals surface area contributed by atoms with Crippen molar-refractivity contribution in [2.45, 2.75) is 57.3 Å². The van der Waals surface area contributed by atoms with Crippen LogP contribution in [0.2, 0.25) is 0 Å². The van der Waals surface area contributed by atoms with Crippen molar-refractivity contribution < 1.29 is 24.2 Å². The fraction of sp³-hybridized carbons (Fsp3) is 0.846. The van der Waals surface area contributed by atoms with Crippen LogP contribution in [0.5, 0.6) is 0 Å². The zero-order valence-corrected chi connectivity index (χ0v) is 11.7. The number of hydrogen-bond donors (Lipinski definition) is 3. The van der Waals surface area contributed by atoms with Crippen LogP contribution in [0.4, 0.5) is 0 Å². The highest BCUT2D eigenvalue weighted by Crippen LogP contribution is 2.23. The Morgan fingerprint density at radius 2 is 1.70 bits per heavy atom. The summed E-state index contributed by atoms with van der Waals surface area (Å²) in [5.74, 6) is -2.42. The van der Waals surface area contributed by atoms with Crippen LogP contribution in [0.25, 0.3) is 0 Å². The van der Waals surface area contributed by atoms with E-state index in [0.29, 0.717) is 32.2 Å². The molecule has 7 nitrogen and oxygen atoms in total. The molecule has 7 heteroatoms. The molecule has 116 valence electrons. The predicted molar refractivity (Wildman–Crippen MR) is 71.1 cm³/mol. The normalized spacial score (nSPS) is 19.5. The summed E-state index contributed by atoms with van der Waals surface area (Å²) in [7, 11) is 0. The molecule has 0 spiro atoms. The van der Waals surface area contributed by atoms with E-state index in [1.54, 1.807) is 0 Å². The molecule has 1 saturated heterocycles. The number of rotatable bonds is 7. The van der Waals surface area contributed by atoms with Gasteiger partial charge in [-0.3, -0.25) is 9.59 Å². The van der Waals surface area contributed by atoms with E-state index in [0.717, 1.165) is 12.8 Å². The zero-order chi connectivity index (χ0) is 14.8. The third-order valence-electron chi connectivity index (χ3n) is 3.13. The highest BCUT2D eigenvalue weighted by atomic mass is 16.8. The van der Waals surface area contributed by atoms with Crippen LogP contribution in [-0.2, 0) is 19.1 Å². The molecule has 20 heavy (non-hydrogen) atoms. The van der Waals surface area contributed by atoms with Gasteiger partial charge in [-0.2, -0.15) is 0 Å². The van der Waals surface area contributed by atoms with E-state index in [-0.39, 0.29) is 12.8 Å². The molecule has 0 aromatic carbocycles. The van der Waals surface area contributed by atoms with Gasteiger partial charge in [0, 0.05) is 19.3 Å². The maximum Gasteiger partial charge on any atom is 0.319 e. The standard InChI is InChI=1S/C13H24N2O5/c14-9-5-1-4-8-13(15-10-16)19-11(17)6-2-3-7-12(18)20-13/h15-16H,1-10,14H2. The molecule has 0 aliphatic carbocycles. The lowest BCUT2D eigenvalue weighted by Gasteiger charge is -2.32. The maximum absolute atomic E-state index is 11.7. The molecule has 1 aliphatic heterocycles. The van der Waals surface area contributed by atoms with Gasteiger partial charge in [0.05, 0.1) is 6.73 Å². The molecule has 0 saturated carbocycles. The zero-order valence-electron chi connectivity index (χ0n) is 11.7. The van der Waals surface area contributed by atoms with E-state index in [1.165, 1.54) is 0 Å². The Morgan fingerprint density at radius 1 is 1.10 bits per heavy atom. The van der Waals surface area contributed by atoms with Crippen LogP contribution < -0.4 is 11.1 Å². The number of nitrogens with one attached hydrogen (secondary N) is 1. The number of aliphatic hydroxyl groups excluding tert-OH is 1. The van der Waals surface area contributed by atoms with E-state index in [1.807, 2.05) is 0 Å². The molecule has 1 fully saturated rings. The Balaban J connectivity index is 2.72. The minimum Gasteiger partial charge on any atom is -0.408 e. The Labute approximate surface area is 118 Å². The van der Waals surface area contributed by atoms with Gasteiger partial charge >= 0.3 is 17.8 Å². The molecule has 0 aromatic rings. The summed E-state index contributed by atoms with van der Waals surface area (Å²) in [6.07, 6.45) is 4.32. The smallest absolute Gasteiger partial charge is 0.319 e. The fourth-order valence-corrected chi connectivity index (χ4v) is 2.09. The lowest BCUT2D eigenvalue weighted by atomic mass is 10.1. The van der Waals surface area contributed by atoms with Gasteiger partial charge in [-0.1, -0.05) is 6.42 Å². The number of ether oxygens (including phenoxy) is 2. The number of esters is 2. The summed E-state index contributed by atoms with van der Waals surface area (Å²) in [6.45, 7) is 0.136.